The van der Waals surface area contributed by atoms with Gasteiger partial charge in [0.25, 0.3) is 5.91 Å². The molecule has 1 aliphatic heterocycles. The van der Waals surface area contributed by atoms with E-state index in [2.05, 4.69) is 48.1 Å². The number of benzene rings is 2. The molecule has 0 saturated carbocycles. The first-order valence-electron chi connectivity index (χ1n) is 7.46. The summed E-state index contributed by atoms with van der Waals surface area (Å²) in [7, 11) is 0. The third kappa shape index (κ3) is 4.79. The van der Waals surface area contributed by atoms with Crippen molar-refractivity contribution in [3.63, 3.8) is 0 Å². The van der Waals surface area contributed by atoms with Gasteiger partial charge in [0.15, 0.2) is 5.17 Å². The van der Waals surface area contributed by atoms with E-state index < -0.39 is 0 Å². The molecule has 1 aliphatic rings. The van der Waals surface area contributed by atoms with E-state index in [1.165, 1.54) is 11.8 Å². The van der Waals surface area contributed by atoms with E-state index in [0.717, 1.165) is 20.2 Å². The summed E-state index contributed by atoms with van der Waals surface area (Å²) in [4.78, 5) is 17.3. The van der Waals surface area contributed by atoms with Crippen LogP contribution in [-0.2, 0) is 4.79 Å². The molecule has 0 aliphatic carbocycles. The smallest absolute Gasteiger partial charge is 0.264 e. The van der Waals surface area contributed by atoms with Gasteiger partial charge in [-0.2, -0.15) is 0 Å². The molecule has 2 aromatic carbocycles. The second kappa shape index (κ2) is 8.58. The summed E-state index contributed by atoms with van der Waals surface area (Å²) in [5.74, 6) is 2.85. The lowest BCUT2D eigenvalue weighted by atomic mass is 10.2. The van der Waals surface area contributed by atoms with Gasteiger partial charge in [-0.25, -0.2) is 4.99 Å². The first-order valence-corrected chi connectivity index (χ1v) is 9.86. The van der Waals surface area contributed by atoms with Crippen LogP contribution in [0.1, 0.15) is 5.56 Å². The number of terminal acetylenes is 1. The van der Waals surface area contributed by atoms with Crippen LogP contribution in [0.4, 0.5) is 5.69 Å². The minimum Gasteiger partial charge on any atom is -0.480 e. The normalized spacial score (nSPS) is 16.6. The molecule has 1 fully saturated rings. The van der Waals surface area contributed by atoms with Crippen LogP contribution in [0.15, 0.2) is 61.3 Å². The van der Waals surface area contributed by atoms with E-state index in [4.69, 9.17) is 11.2 Å². The van der Waals surface area contributed by atoms with Crippen LogP contribution >= 0.6 is 43.6 Å². The standard InChI is InChI=1S/C19H12Br2N2O2S/c1-2-9-25-16-8-5-14(21)10-12(16)11-17-18(24)23-19(26-17)22-15-6-3-13(20)4-7-15/h1,3-8,10-11H,9H2,(H,22,23,24)/b17-11-. The van der Waals surface area contributed by atoms with Crippen molar-refractivity contribution in [3.05, 3.63) is 61.9 Å². The summed E-state index contributed by atoms with van der Waals surface area (Å²) in [6, 6.07) is 13.1. The summed E-state index contributed by atoms with van der Waals surface area (Å²) >= 11 is 8.09. The van der Waals surface area contributed by atoms with Crippen molar-refractivity contribution < 1.29 is 9.53 Å². The van der Waals surface area contributed by atoms with Crippen LogP contribution < -0.4 is 10.1 Å². The largest absolute Gasteiger partial charge is 0.480 e. The van der Waals surface area contributed by atoms with E-state index in [9.17, 15) is 4.79 Å². The van der Waals surface area contributed by atoms with Gasteiger partial charge in [0.1, 0.15) is 12.4 Å². The molecule has 0 unspecified atom stereocenters. The van der Waals surface area contributed by atoms with Crippen molar-refractivity contribution in [1.82, 2.24) is 5.32 Å². The van der Waals surface area contributed by atoms with E-state index in [1.54, 1.807) is 6.08 Å². The number of hydrogen-bond donors (Lipinski definition) is 1. The van der Waals surface area contributed by atoms with Crippen LogP contribution in [0.2, 0.25) is 0 Å². The summed E-state index contributed by atoms with van der Waals surface area (Å²) < 4.78 is 7.39. The van der Waals surface area contributed by atoms with E-state index >= 15 is 0 Å². The van der Waals surface area contributed by atoms with Crippen LogP contribution in [0.3, 0.4) is 0 Å². The van der Waals surface area contributed by atoms with Crippen molar-refractivity contribution in [3.8, 4) is 18.1 Å². The Morgan fingerprint density at radius 1 is 1.19 bits per heavy atom. The topological polar surface area (TPSA) is 50.7 Å². The molecule has 130 valence electrons. The van der Waals surface area contributed by atoms with Gasteiger partial charge in [-0.05, 0) is 60.3 Å². The Morgan fingerprint density at radius 2 is 1.92 bits per heavy atom. The van der Waals surface area contributed by atoms with Crippen LogP contribution in [-0.4, -0.2) is 17.7 Å². The maximum absolute atomic E-state index is 12.3. The molecule has 1 N–H and O–H groups in total. The molecular weight excluding hydrogens is 480 g/mol. The number of carbonyl (C=O) groups is 1. The van der Waals surface area contributed by atoms with Crippen molar-refractivity contribution in [2.24, 2.45) is 4.99 Å². The maximum atomic E-state index is 12.3. The zero-order valence-corrected chi connectivity index (χ0v) is 17.3. The second-order valence-corrected chi connectivity index (χ2v) is 8.00. The van der Waals surface area contributed by atoms with Gasteiger partial charge < -0.3 is 10.1 Å². The predicted molar refractivity (Wildman–Crippen MR) is 113 cm³/mol. The maximum Gasteiger partial charge on any atom is 0.264 e. The molecule has 0 aromatic heterocycles. The van der Waals surface area contributed by atoms with E-state index in [-0.39, 0.29) is 12.5 Å². The molecule has 4 nitrogen and oxygen atoms in total. The lowest BCUT2D eigenvalue weighted by molar-refractivity contribution is -0.115. The molecule has 0 spiro atoms. The average molecular weight is 492 g/mol. The fourth-order valence-electron chi connectivity index (χ4n) is 2.14. The van der Waals surface area contributed by atoms with Crippen LogP contribution in [0.25, 0.3) is 6.08 Å². The van der Waals surface area contributed by atoms with Crippen molar-refractivity contribution in [2.45, 2.75) is 0 Å². The number of carbonyl (C=O) groups excluding carboxylic acids is 1. The predicted octanol–water partition coefficient (Wildman–Crippen LogP) is 5.12. The number of hydrogen-bond acceptors (Lipinski definition) is 4. The highest BCUT2D eigenvalue weighted by atomic mass is 79.9. The van der Waals surface area contributed by atoms with Crippen molar-refractivity contribution in [2.75, 3.05) is 6.61 Å². The number of ether oxygens (including phenoxy) is 1. The second-order valence-electron chi connectivity index (χ2n) is 5.13. The minimum absolute atomic E-state index is 0.160. The monoisotopic (exact) mass is 490 g/mol. The quantitative estimate of drug-likeness (QED) is 0.477. The highest BCUT2D eigenvalue weighted by Gasteiger charge is 2.24. The number of amidine groups is 1. The lowest BCUT2D eigenvalue weighted by Crippen LogP contribution is -2.19. The Bertz CT molecular complexity index is 947. The van der Waals surface area contributed by atoms with Gasteiger partial charge in [0.05, 0.1) is 10.6 Å². The molecule has 1 heterocycles. The fraction of sp³-hybridized carbons (Fsp3) is 0.0526. The van der Waals surface area contributed by atoms with Crippen molar-refractivity contribution >= 4 is 66.5 Å². The molecule has 1 amide bonds. The number of nitrogens with zero attached hydrogens (tertiary/aromatic N) is 1. The molecule has 3 rings (SSSR count). The SMILES string of the molecule is C#CCOc1ccc(Br)cc1/C=C1\SC(=Nc2ccc(Br)cc2)NC1=O. The lowest BCUT2D eigenvalue weighted by Gasteiger charge is -2.07. The molecule has 0 bridgehead atoms. The summed E-state index contributed by atoms with van der Waals surface area (Å²) in [6.07, 6.45) is 7.02. The average Bonchev–Trinajstić information content (AvgIpc) is 2.95. The Morgan fingerprint density at radius 3 is 2.65 bits per heavy atom. The molecule has 26 heavy (non-hydrogen) atoms. The highest BCUT2D eigenvalue weighted by molar-refractivity contribution is 9.10. The Balaban J connectivity index is 1.86. The van der Waals surface area contributed by atoms with Gasteiger partial charge in [-0.15, -0.1) is 6.42 Å². The molecule has 0 radical (unpaired) electrons. The first-order chi connectivity index (χ1) is 12.5. The van der Waals surface area contributed by atoms with Gasteiger partial charge in [-0.3, -0.25) is 4.79 Å². The summed E-state index contributed by atoms with van der Waals surface area (Å²) in [6.45, 7) is 0.160. The van der Waals surface area contributed by atoms with Crippen molar-refractivity contribution in [1.29, 1.82) is 0 Å². The number of aliphatic imine (C=N–C) groups is 1. The number of nitrogens with one attached hydrogen (secondary N) is 1. The molecule has 1 saturated heterocycles. The van der Waals surface area contributed by atoms with Gasteiger partial charge in [-0.1, -0.05) is 37.8 Å². The third-order valence-electron chi connectivity index (χ3n) is 3.28. The molecule has 2 aromatic rings. The van der Waals surface area contributed by atoms with Crippen LogP contribution in [0, 0.1) is 12.3 Å². The number of thioether (sulfide) groups is 1. The molecule has 0 atom stereocenters. The first kappa shape index (κ1) is 18.8. The Hall–Kier alpha value is -2.01. The number of halogens is 2. The Kier molecular flexibility index (Phi) is 6.20. The summed E-state index contributed by atoms with van der Waals surface area (Å²) in [5.41, 5.74) is 1.52. The van der Waals surface area contributed by atoms with Crippen LogP contribution in [0.5, 0.6) is 5.75 Å². The molecular formula is C19H12Br2N2O2S. The zero-order chi connectivity index (χ0) is 18.5. The van der Waals surface area contributed by atoms with E-state index in [1.807, 2.05) is 42.5 Å². The number of rotatable bonds is 4. The van der Waals surface area contributed by atoms with E-state index in [0.29, 0.717) is 15.8 Å². The number of amides is 1. The van der Waals surface area contributed by atoms with Gasteiger partial charge in [0.2, 0.25) is 0 Å². The minimum atomic E-state index is -0.200. The Labute approximate surface area is 172 Å². The summed E-state index contributed by atoms with van der Waals surface area (Å²) in [5, 5.41) is 3.31. The highest BCUT2D eigenvalue weighted by Crippen LogP contribution is 2.32. The fourth-order valence-corrected chi connectivity index (χ4v) is 3.61. The van der Waals surface area contributed by atoms with Gasteiger partial charge >= 0.3 is 0 Å². The molecule has 7 heteroatoms. The third-order valence-corrected chi connectivity index (χ3v) is 5.21. The van der Waals surface area contributed by atoms with Gasteiger partial charge in [0, 0.05) is 14.5 Å². The zero-order valence-electron chi connectivity index (χ0n) is 13.3.